The van der Waals surface area contributed by atoms with Gasteiger partial charge in [-0.1, -0.05) is 18.2 Å². The number of hydrogen-bond donors (Lipinski definition) is 2. The van der Waals surface area contributed by atoms with Crippen LogP contribution >= 0.6 is 12.2 Å². The number of aliphatic hydroxyl groups is 1. The standard InChI is InChI=1S/C20H18F3NO4S/c21-20(22,23)13-4-3-5-14(10-13)24-18(29)28-12-19(11-25)8-9-27-16-7-2-1-6-15(16)17(19)26/h1-7,10,25H,8-9,11-12H2,(H,24,29). The van der Waals surface area contributed by atoms with Gasteiger partial charge in [0.1, 0.15) is 12.4 Å². The number of fused-ring (bicyclic) bond motifs is 1. The molecular weight excluding hydrogens is 407 g/mol. The van der Waals surface area contributed by atoms with Crippen LogP contribution < -0.4 is 10.1 Å². The maximum atomic E-state index is 13.0. The highest BCUT2D eigenvalue weighted by Crippen LogP contribution is 2.35. The van der Waals surface area contributed by atoms with Gasteiger partial charge >= 0.3 is 6.18 Å². The highest BCUT2D eigenvalue weighted by atomic mass is 32.1. The van der Waals surface area contributed by atoms with Crippen molar-refractivity contribution in [2.75, 3.05) is 25.1 Å². The lowest BCUT2D eigenvalue weighted by molar-refractivity contribution is -0.137. The number of carbonyl (C=O) groups is 1. The molecular formula is C20H18F3NO4S. The zero-order chi connectivity index (χ0) is 21.1. The number of benzene rings is 2. The molecule has 0 saturated heterocycles. The Morgan fingerprint density at radius 1 is 1.24 bits per heavy atom. The van der Waals surface area contributed by atoms with E-state index in [1.165, 1.54) is 12.1 Å². The van der Waals surface area contributed by atoms with E-state index in [4.69, 9.17) is 21.7 Å². The summed E-state index contributed by atoms with van der Waals surface area (Å²) in [5.74, 6) is 0.0902. The van der Waals surface area contributed by atoms with Crippen molar-refractivity contribution in [3.05, 3.63) is 59.7 Å². The summed E-state index contributed by atoms with van der Waals surface area (Å²) in [7, 11) is 0. The Hall–Kier alpha value is -2.65. The molecule has 2 aromatic rings. The van der Waals surface area contributed by atoms with E-state index in [1.807, 2.05) is 0 Å². The second-order valence-corrected chi connectivity index (χ2v) is 7.01. The lowest BCUT2D eigenvalue weighted by Crippen LogP contribution is -2.41. The molecule has 1 aliphatic rings. The van der Waals surface area contributed by atoms with Crippen LogP contribution in [0, 0.1) is 5.41 Å². The van der Waals surface area contributed by atoms with Crippen LogP contribution in [0.3, 0.4) is 0 Å². The first kappa shape index (κ1) is 21.1. The van der Waals surface area contributed by atoms with E-state index in [0.717, 1.165) is 12.1 Å². The lowest BCUT2D eigenvalue weighted by atomic mass is 9.79. The summed E-state index contributed by atoms with van der Waals surface area (Å²) in [5, 5.41) is 12.3. The number of aliphatic hydroxyl groups excluding tert-OH is 1. The first-order chi connectivity index (χ1) is 13.7. The van der Waals surface area contributed by atoms with Gasteiger partial charge in [-0.2, -0.15) is 13.2 Å². The minimum Gasteiger partial charge on any atom is -0.493 e. The average Bonchev–Trinajstić information content (AvgIpc) is 2.83. The molecule has 0 spiro atoms. The topological polar surface area (TPSA) is 67.8 Å². The molecule has 0 bridgehead atoms. The number of para-hydroxylation sites is 1. The van der Waals surface area contributed by atoms with E-state index in [2.05, 4.69) is 5.32 Å². The monoisotopic (exact) mass is 425 g/mol. The molecule has 0 aromatic heterocycles. The second-order valence-electron chi connectivity index (χ2n) is 6.64. The number of Topliss-reactive ketones (excluding diaryl/α,β-unsaturated/α-hetero) is 1. The van der Waals surface area contributed by atoms with E-state index in [9.17, 15) is 23.1 Å². The van der Waals surface area contributed by atoms with Gasteiger partial charge < -0.3 is 19.9 Å². The van der Waals surface area contributed by atoms with Crippen LogP contribution in [0.15, 0.2) is 48.5 Å². The summed E-state index contributed by atoms with van der Waals surface area (Å²) in [5.41, 5.74) is -1.67. The molecule has 0 saturated carbocycles. The van der Waals surface area contributed by atoms with Crippen LogP contribution in [0.2, 0.25) is 0 Å². The van der Waals surface area contributed by atoms with E-state index in [-0.39, 0.29) is 36.3 Å². The third-order valence-corrected chi connectivity index (χ3v) is 4.89. The normalized spacial score (nSPS) is 19.0. The van der Waals surface area contributed by atoms with Gasteiger partial charge in [0.25, 0.3) is 5.17 Å². The van der Waals surface area contributed by atoms with Gasteiger partial charge in [-0.3, -0.25) is 4.79 Å². The summed E-state index contributed by atoms with van der Waals surface area (Å²) < 4.78 is 49.5. The first-order valence-corrected chi connectivity index (χ1v) is 9.14. The lowest BCUT2D eigenvalue weighted by Gasteiger charge is -2.28. The Morgan fingerprint density at radius 2 is 2.00 bits per heavy atom. The molecule has 0 fully saturated rings. The van der Waals surface area contributed by atoms with Crippen molar-refractivity contribution < 1.29 is 32.5 Å². The highest BCUT2D eigenvalue weighted by Gasteiger charge is 2.42. The Balaban J connectivity index is 1.71. The highest BCUT2D eigenvalue weighted by molar-refractivity contribution is 7.80. The molecule has 5 nitrogen and oxygen atoms in total. The van der Waals surface area contributed by atoms with Crippen LogP contribution in [0.25, 0.3) is 0 Å². The van der Waals surface area contributed by atoms with Gasteiger partial charge in [0.2, 0.25) is 0 Å². The predicted molar refractivity (Wildman–Crippen MR) is 104 cm³/mol. The fourth-order valence-electron chi connectivity index (χ4n) is 3.00. The zero-order valence-corrected chi connectivity index (χ0v) is 16.0. The van der Waals surface area contributed by atoms with Crippen LogP contribution in [0.4, 0.5) is 18.9 Å². The molecule has 1 unspecified atom stereocenters. The number of rotatable bonds is 4. The van der Waals surface area contributed by atoms with Crippen LogP contribution in [-0.4, -0.2) is 35.9 Å². The molecule has 2 aromatic carbocycles. The maximum Gasteiger partial charge on any atom is 0.416 e. The summed E-state index contributed by atoms with van der Waals surface area (Å²) in [4.78, 5) is 13.0. The molecule has 2 N–H and O–H groups in total. The minimum absolute atomic E-state index is 0.101. The van der Waals surface area contributed by atoms with Gasteiger partial charge in [0.05, 0.1) is 29.8 Å². The predicted octanol–water partition coefficient (Wildman–Crippen LogP) is 4.06. The van der Waals surface area contributed by atoms with Crippen molar-refractivity contribution in [2.24, 2.45) is 5.41 Å². The molecule has 1 atom stereocenters. The number of ether oxygens (including phenoxy) is 2. The molecule has 1 aliphatic heterocycles. The van der Waals surface area contributed by atoms with Crippen molar-refractivity contribution in [3.63, 3.8) is 0 Å². The van der Waals surface area contributed by atoms with E-state index >= 15 is 0 Å². The Labute approximate surface area is 170 Å². The van der Waals surface area contributed by atoms with E-state index in [0.29, 0.717) is 11.3 Å². The fraction of sp³-hybridized carbons (Fsp3) is 0.300. The third-order valence-electron chi connectivity index (χ3n) is 4.67. The number of hydrogen-bond acceptors (Lipinski definition) is 5. The molecule has 29 heavy (non-hydrogen) atoms. The summed E-state index contributed by atoms with van der Waals surface area (Å²) in [6, 6.07) is 11.2. The summed E-state index contributed by atoms with van der Waals surface area (Å²) >= 11 is 5.05. The quantitative estimate of drug-likeness (QED) is 0.720. The molecule has 1 heterocycles. The van der Waals surface area contributed by atoms with Gasteiger partial charge in [-0.05, 0) is 49.0 Å². The molecule has 154 valence electrons. The minimum atomic E-state index is -4.48. The largest absolute Gasteiger partial charge is 0.493 e. The van der Waals surface area contributed by atoms with Gasteiger partial charge in [-0.25, -0.2) is 0 Å². The molecule has 3 rings (SSSR count). The van der Waals surface area contributed by atoms with Crippen molar-refractivity contribution in [3.8, 4) is 5.75 Å². The Bertz CT molecular complexity index is 919. The van der Waals surface area contributed by atoms with Crippen molar-refractivity contribution in [2.45, 2.75) is 12.6 Å². The number of carbonyl (C=O) groups excluding carboxylic acids is 1. The Kier molecular flexibility index (Phi) is 6.09. The zero-order valence-electron chi connectivity index (χ0n) is 15.2. The van der Waals surface area contributed by atoms with E-state index in [1.54, 1.807) is 24.3 Å². The molecule has 0 amide bonds. The average molecular weight is 425 g/mol. The SMILES string of the molecule is O=C1c2ccccc2OCCC1(CO)COC(=S)Nc1cccc(C(F)(F)F)c1. The summed E-state index contributed by atoms with van der Waals surface area (Å²) in [6.07, 6.45) is -4.29. The number of halogens is 3. The van der Waals surface area contributed by atoms with Gasteiger partial charge in [0.15, 0.2) is 5.78 Å². The first-order valence-electron chi connectivity index (χ1n) is 8.74. The number of nitrogens with one attached hydrogen (secondary N) is 1. The molecule has 0 radical (unpaired) electrons. The number of thiocarbonyl (C=S) groups is 1. The number of alkyl halides is 3. The van der Waals surface area contributed by atoms with Gasteiger partial charge in [-0.15, -0.1) is 0 Å². The van der Waals surface area contributed by atoms with Crippen LogP contribution in [-0.2, 0) is 10.9 Å². The Morgan fingerprint density at radius 3 is 2.72 bits per heavy atom. The van der Waals surface area contributed by atoms with Crippen molar-refractivity contribution in [1.29, 1.82) is 0 Å². The van der Waals surface area contributed by atoms with Crippen molar-refractivity contribution in [1.82, 2.24) is 0 Å². The number of anilines is 1. The second kappa shape index (κ2) is 8.38. The van der Waals surface area contributed by atoms with Crippen LogP contribution in [0.1, 0.15) is 22.3 Å². The van der Waals surface area contributed by atoms with E-state index < -0.39 is 23.8 Å². The molecule has 9 heteroatoms. The number of ketones is 1. The van der Waals surface area contributed by atoms with Crippen molar-refractivity contribution >= 4 is 28.9 Å². The fourth-order valence-corrected chi connectivity index (χ4v) is 3.18. The molecule has 0 aliphatic carbocycles. The summed E-state index contributed by atoms with van der Waals surface area (Å²) in [6.45, 7) is -0.541. The maximum absolute atomic E-state index is 13.0. The smallest absolute Gasteiger partial charge is 0.416 e. The van der Waals surface area contributed by atoms with Gasteiger partial charge in [0, 0.05) is 5.69 Å². The van der Waals surface area contributed by atoms with Crippen LogP contribution in [0.5, 0.6) is 5.75 Å². The third kappa shape index (κ3) is 4.68.